The van der Waals surface area contributed by atoms with E-state index < -0.39 is 39.9 Å². The van der Waals surface area contributed by atoms with Crippen LogP contribution in [0.25, 0.3) is 0 Å². The molecule has 1 aliphatic heterocycles. The van der Waals surface area contributed by atoms with Crippen LogP contribution in [-0.2, 0) is 27.4 Å². The number of nitrogens with zero attached hydrogens (tertiary/aromatic N) is 2. The lowest BCUT2D eigenvalue weighted by atomic mass is 10.0. The molecule has 3 aromatic carbocycles. The van der Waals surface area contributed by atoms with Crippen molar-refractivity contribution >= 4 is 33.3 Å². The summed E-state index contributed by atoms with van der Waals surface area (Å²) in [5, 5.41) is 14.9. The lowest BCUT2D eigenvalue weighted by molar-refractivity contribution is -0.137. The second-order valence-electron chi connectivity index (χ2n) is 11.0. The Morgan fingerprint density at radius 1 is 1.07 bits per heavy atom. The number of likely N-dealkylation sites (N-methyl/N-ethyl adjacent to an activating group) is 1. The van der Waals surface area contributed by atoms with Gasteiger partial charge in [0.2, 0.25) is 15.9 Å². The molecule has 0 aliphatic carbocycles. The molecule has 1 heterocycles. The maximum absolute atomic E-state index is 13.4. The van der Waals surface area contributed by atoms with Crippen molar-refractivity contribution in [2.24, 2.45) is 5.92 Å². The van der Waals surface area contributed by atoms with Crippen molar-refractivity contribution in [3.8, 4) is 5.75 Å². The molecule has 3 atom stereocenters. The zero-order chi connectivity index (χ0) is 32.9. The minimum Gasteiger partial charge on any atom is -0.488 e. The molecular weight excluding hydrogens is 613 g/mol. The molecule has 14 heteroatoms. The fourth-order valence-corrected chi connectivity index (χ4v) is 6.09. The summed E-state index contributed by atoms with van der Waals surface area (Å²) in [6.07, 6.45) is -5.34. The molecule has 0 saturated heterocycles. The molecule has 3 amide bonds. The Morgan fingerprint density at radius 2 is 1.69 bits per heavy atom. The molecule has 3 N–H and O–H groups in total. The molecule has 4 rings (SSSR count). The van der Waals surface area contributed by atoms with E-state index >= 15 is 0 Å². The van der Waals surface area contributed by atoms with Crippen molar-refractivity contribution in [3.05, 3.63) is 83.9 Å². The average molecular weight is 649 g/mol. The number of amides is 3. The standard InChI is InChI=1S/C31H35F3N4O6S/c1-20-17-38(21(2)19-39)29(40)16-22-15-25(36-30(41)35-24-11-9-23(10-12-24)31(32,33)34)13-14-27(22)44-28(20)18-37(3)45(42,43)26-7-5-4-6-8-26/h4-15,20-21,28,39H,16-19H2,1-3H3,(H2,35,36,41)/t20-,21+,28+/m0/s1. The van der Waals surface area contributed by atoms with Crippen LogP contribution in [0.4, 0.5) is 29.3 Å². The van der Waals surface area contributed by atoms with E-state index in [-0.39, 0.29) is 54.2 Å². The van der Waals surface area contributed by atoms with Crippen molar-refractivity contribution in [2.75, 3.05) is 37.4 Å². The number of carbonyl (C=O) groups is 2. The van der Waals surface area contributed by atoms with Gasteiger partial charge in [0.1, 0.15) is 11.9 Å². The van der Waals surface area contributed by atoms with Gasteiger partial charge in [0.25, 0.3) is 0 Å². The summed E-state index contributed by atoms with van der Waals surface area (Å²) in [5.41, 5.74) is -0.0161. The normalized spacial score (nSPS) is 18.2. The van der Waals surface area contributed by atoms with Crippen LogP contribution in [0.15, 0.2) is 77.7 Å². The number of fused-ring (bicyclic) bond motifs is 1. The van der Waals surface area contributed by atoms with Crippen molar-refractivity contribution in [1.82, 2.24) is 9.21 Å². The van der Waals surface area contributed by atoms with Crippen LogP contribution in [0.5, 0.6) is 5.75 Å². The fraction of sp³-hybridized carbons (Fsp3) is 0.355. The minimum absolute atomic E-state index is 0.0388. The van der Waals surface area contributed by atoms with Crippen LogP contribution in [-0.4, -0.2) is 73.6 Å². The Bertz CT molecular complexity index is 1600. The first-order chi connectivity index (χ1) is 21.2. The predicted molar refractivity (Wildman–Crippen MR) is 162 cm³/mol. The third-order valence-electron chi connectivity index (χ3n) is 7.53. The number of carbonyl (C=O) groups excluding carboxylic acids is 2. The molecule has 0 spiro atoms. The zero-order valence-corrected chi connectivity index (χ0v) is 25.7. The number of hydrogen-bond donors (Lipinski definition) is 3. The van der Waals surface area contributed by atoms with Gasteiger partial charge in [-0.3, -0.25) is 4.79 Å². The second-order valence-corrected chi connectivity index (χ2v) is 13.0. The predicted octanol–water partition coefficient (Wildman–Crippen LogP) is 4.82. The Balaban J connectivity index is 1.58. The Morgan fingerprint density at radius 3 is 2.31 bits per heavy atom. The molecule has 0 fully saturated rings. The quantitative estimate of drug-likeness (QED) is 0.322. The molecule has 0 unspecified atom stereocenters. The molecule has 3 aromatic rings. The summed E-state index contributed by atoms with van der Waals surface area (Å²) >= 11 is 0. The molecule has 242 valence electrons. The van der Waals surface area contributed by atoms with Gasteiger partial charge in [-0.1, -0.05) is 25.1 Å². The van der Waals surface area contributed by atoms with Gasteiger partial charge in [-0.05, 0) is 61.5 Å². The molecule has 0 aromatic heterocycles. The van der Waals surface area contributed by atoms with Gasteiger partial charge in [0.15, 0.2) is 0 Å². The number of aliphatic hydroxyl groups excluding tert-OH is 1. The Labute approximate surface area is 259 Å². The third-order valence-corrected chi connectivity index (χ3v) is 9.37. The van der Waals surface area contributed by atoms with E-state index in [0.717, 1.165) is 24.3 Å². The lowest BCUT2D eigenvalue weighted by Crippen LogP contribution is -2.48. The monoisotopic (exact) mass is 648 g/mol. The molecule has 45 heavy (non-hydrogen) atoms. The largest absolute Gasteiger partial charge is 0.488 e. The summed E-state index contributed by atoms with van der Waals surface area (Å²) in [6.45, 7) is 3.41. The van der Waals surface area contributed by atoms with E-state index in [1.807, 2.05) is 6.92 Å². The Hall–Kier alpha value is -4.14. The van der Waals surface area contributed by atoms with Gasteiger partial charge >= 0.3 is 12.2 Å². The van der Waals surface area contributed by atoms with E-state index in [9.17, 15) is 36.3 Å². The Kier molecular flexibility index (Phi) is 10.4. The lowest BCUT2D eigenvalue weighted by Gasteiger charge is -2.33. The van der Waals surface area contributed by atoms with E-state index in [4.69, 9.17) is 4.74 Å². The van der Waals surface area contributed by atoms with Gasteiger partial charge < -0.3 is 25.4 Å². The molecule has 0 radical (unpaired) electrons. The fourth-order valence-electron chi connectivity index (χ4n) is 4.89. The zero-order valence-electron chi connectivity index (χ0n) is 24.9. The number of hydrogen-bond acceptors (Lipinski definition) is 6. The molecule has 10 nitrogen and oxygen atoms in total. The number of nitrogens with one attached hydrogen (secondary N) is 2. The molecule has 0 saturated carbocycles. The summed E-state index contributed by atoms with van der Waals surface area (Å²) in [6, 6.07) is 15.3. The minimum atomic E-state index is -4.51. The second kappa shape index (κ2) is 13.9. The highest BCUT2D eigenvalue weighted by Gasteiger charge is 2.34. The number of halogens is 3. The summed E-state index contributed by atoms with van der Waals surface area (Å²) in [4.78, 5) is 27.7. The molecule has 0 bridgehead atoms. The van der Waals surface area contributed by atoms with Crippen molar-refractivity contribution in [3.63, 3.8) is 0 Å². The number of sulfonamides is 1. The van der Waals surface area contributed by atoms with Crippen LogP contribution in [0, 0.1) is 5.92 Å². The third kappa shape index (κ3) is 8.32. The highest BCUT2D eigenvalue weighted by molar-refractivity contribution is 7.89. The maximum atomic E-state index is 13.4. The van der Waals surface area contributed by atoms with Crippen molar-refractivity contribution in [2.45, 2.75) is 43.5 Å². The highest BCUT2D eigenvalue weighted by Crippen LogP contribution is 2.31. The van der Waals surface area contributed by atoms with Gasteiger partial charge in [-0.2, -0.15) is 17.5 Å². The number of aliphatic hydroxyl groups is 1. The molecule has 1 aliphatic rings. The van der Waals surface area contributed by atoms with Crippen LogP contribution in [0.1, 0.15) is 25.0 Å². The molecular formula is C31H35F3N4O6S. The summed E-state index contributed by atoms with van der Waals surface area (Å²) in [7, 11) is -2.40. The van der Waals surface area contributed by atoms with Gasteiger partial charge in [0, 0.05) is 36.4 Å². The average Bonchev–Trinajstić information content (AvgIpc) is 3.04. The highest BCUT2D eigenvalue weighted by atomic mass is 32.2. The van der Waals surface area contributed by atoms with E-state index in [0.29, 0.717) is 11.3 Å². The number of ether oxygens (including phenoxy) is 1. The van der Waals surface area contributed by atoms with Crippen molar-refractivity contribution in [1.29, 1.82) is 0 Å². The van der Waals surface area contributed by atoms with Crippen LogP contribution in [0.3, 0.4) is 0 Å². The summed E-state index contributed by atoms with van der Waals surface area (Å²) in [5.74, 6) is -0.335. The number of rotatable bonds is 8. The van der Waals surface area contributed by atoms with Gasteiger partial charge in [-0.15, -0.1) is 0 Å². The number of alkyl halides is 3. The SMILES string of the molecule is C[C@H](CO)N1C[C@H](C)[C@@H](CN(C)S(=O)(=O)c2ccccc2)Oc2ccc(NC(=O)Nc3ccc(C(F)(F)F)cc3)cc2CC1=O. The van der Waals surface area contributed by atoms with Crippen LogP contribution in [0.2, 0.25) is 0 Å². The maximum Gasteiger partial charge on any atom is 0.416 e. The van der Waals surface area contributed by atoms with Crippen molar-refractivity contribution < 1.29 is 41.0 Å². The first-order valence-corrected chi connectivity index (χ1v) is 15.6. The van der Waals surface area contributed by atoms with E-state index in [1.165, 1.54) is 34.5 Å². The van der Waals surface area contributed by atoms with Crippen LogP contribution >= 0.6 is 0 Å². The number of benzene rings is 3. The smallest absolute Gasteiger partial charge is 0.416 e. The van der Waals surface area contributed by atoms with E-state index in [2.05, 4.69) is 10.6 Å². The first-order valence-electron chi connectivity index (χ1n) is 14.2. The van der Waals surface area contributed by atoms with E-state index in [1.54, 1.807) is 37.3 Å². The summed E-state index contributed by atoms with van der Waals surface area (Å²) < 4.78 is 72.7. The van der Waals surface area contributed by atoms with Gasteiger partial charge in [-0.25, -0.2) is 13.2 Å². The van der Waals surface area contributed by atoms with Gasteiger partial charge in [0.05, 0.1) is 36.1 Å². The topological polar surface area (TPSA) is 128 Å². The number of urea groups is 1. The van der Waals surface area contributed by atoms with Crippen LogP contribution < -0.4 is 15.4 Å². The first kappa shape index (κ1) is 33.7. The number of anilines is 2.